The van der Waals surface area contributed by atoms with Crippen LogP contribution in [0.15, 0.2) is 181 Å². The predicted molar refractivity (Wildman–Crippen MR) is 249 cm³/mol. The third-order valence-corrected chi connectivity index (χ3v) is 13.5. The van der Waals surface area contributed by atoms with Gasteiger partial charge in [-0.25, -0.2) is 0 Å². The van der Waals surface area contributed by atoms with E-state index in [0.717, 1.165) is 25.7 Å². The summed E-state index contributed by atoms with van der Waals surface area (Å²) in [4.78, 5) is 2.56. The Bertz CT molecular complexity index is 2900. The summed E-state index contributed by atoms with van der Waals surface area (Å²) in [7, 11) is 0. The molecule has 1 spiro atoms. The third-order valence-electron chi connectivity index (χ3n) is 13.5. The van der Waals surface area contributed by atoms with E-state index < -0.39 is 0 Å². The van der Waals surface area contributed by atoms with Crippen LogP contribution >= 0.6 is 0 Å². The first kappa shape index (κ1) is 35.8. The number of unbranched alkanes of at least 4 members (excludes halogenated alkanes) is 2. The minimum atomic E-state index is -0.373. The van der Waals surface area contributed by atoms with Crippen LogP contribution in [0.5, 0.6) is 0 Å². The lowest BCUT2D eigenvalue weighted by molar-refractivity contribution is 0.756. The summed E-state index contributed by atoms with van der Waals surface area (Å²) in [6.45, 7) is 4.61. The molecule has 1 aromatic heterocycles. The summed E-state index contributed by atoms with van der Waals surface area (Å²) in [6.07, 6.45) is 11.6. The molecule has 7 aromatic carbocycles. The van der Waals surface area contributed by atoms with Gasteiger partial charge in [0.1, 0.15) is 0 Å². The Balaban J connectivity index is 1.14. The fourth-order valence-corrected chi connectivity index (χ4v) is 10.8. The van der Waals surface area contributed by atoms with E-state index in [-0.39, 0.29) is 5.41 Å². The van der Waals surface area contributed by atoms with Crippen molar-refractivity contribution in [3.63, 3.8) is 0 Å². The van der Waals surface area contributed by atoms with Gasteiger partial charge >= 0.3 is 0 Å². The molecular weight excluding hydrogens is 713 g/mol. The summed E-state index contributed by atoms with van der Waals surface area (Å²) in [5.74, 6) is 0. The number of aryl methyl sites for hydroxylation is 2. The minimum Gasteiger partial charge on any atom is -0.314 e. The first-order valence-electron chi connectivity index (χ1n) is 21.9. The fourth-order valence-electron chi connectivity index (χ4n) is 10.8. The molecule has 2 nitrogen and oxygen atoms in total. The van der Waals surface area contributed by atoms with Gasteiger partial charge in [0.2, 0.25) is 0 Å². The smallest absolute Gasteiger partial charge is 0.0723 e. The molecule has 3 aliphatic carbocycles. The highest BCUT2D eigenvalue weighted by molar-refractivity contribution is 6.10. The van der Waals surface area contributed by atoms with E-state index >= 15 is 0 Å². The van der Waals surface area contributed by atoms with Crippen LogP contribution in [-0.2, 0) is 18.3 Å². The van der Waals surface area contributed by atoms with Crippen molar-refractivity contribution in [3.05, 3.63) is 215 Å². The maximum atomic E-state index is 2.62. The second-order valence-electron chi connectivity index (χ2n) is 16.9. The standard InChI is InChI=1S/C57H50N2/c1-3-5-17-39-27-31-46-47-32-28-40(18-6-4-2)36-53(47)57(52(46)35-39)51-25-15-13-23-45(51)48-33-29-44(38-54(48)57)58(41-19-9-7-10-20-41)43-30-34-56-50(37-43)49-24-14-16-26-55(49)59(56)42-21-11-8-12-22-42/h7-16,19-28,30-32,34-38H,3-6,17-18,29,33H2,1-2H3. The van der Waals surface area contributed by atoms with E-state index in [9.17, 15) is 0 Å². The van der Waals surface area contributed by atoms with Crippen LogP contribution in [-0.4, -0.2) is 4.57 Å². The van der Waals surface area contributed by atoms with Crippen molar-refractivity contribution in [1.82, 2.24) is 4.57 Å². The van der Waals surface area contributed by atoms with Crippen LogP contribution in [0.25, 0.3) is 44.2 Å². The molecule has 0 aliphatic heterocycles. The van der Waals surface area contributed by atoms with Gasteiger partial charge in [-0.05, 0) is 149 Å². The van der Waals surface area contributed by atoms with E-state index in [4.69, 9.17) is 0 Å². The molecule has 0 saturated heterocycles. The lowest BCUT2D eigenvalue weighted by Gasteiger charge is -2.36. The van der Waals surface area contributed by atoms with Gasteiger partial charge in [0, 0.05) is 33.5 Å². The van der Waals surface area contributed by atoms with Crippen LogP contribution in [0.1, 0.15) is 85.8 Å². The largest absolute Gasteiger partial charge is 0.314 e. The number of para-hydroxylation sites is 3. The van der Waals surface area contributed by atoms with Crippen molar-refractivity contribution in [3.8, 4) is 16.8 Å². The average molecular weight is 763 g/mol. The molecular formula is C57H50N2. The van der Waals surface area contributed by atoms with Gasteiger partial charge in [0.25, 0.3) is 0 Å². The second kappa shape index (κ2) is 14.5. The van der Waals surface area contributed by atoms with Crippen molar-refractivity contribution in [1.29, 1.82) is 0 Å². The van der Waals surface area contributed by atoms with Crippen LogP contribution in [0.4, 0.5) is 11.4 Å². The molecule has 8 aromatic rings. The molecule has 0 fully saturated rings. The summed E-state index contributed by atoms with van der Waals surface area (Å²) < 4.78 is 2.41. The van der Waals surface area contributed by atoms with Crippen LogP contribution in [0.3, 0.4) is 0 Å². The van der Waals surface area contributed by atoms with E-state index in [1.165, 1.54) is 126 Å². The Morgan fingerprint density at radius 1 is 0.508 bits per heavy atom. The molecule has 3 aliphatic rings. The van der Waals surface area contributed by atoms with Crippen molar-refractivity contribution in [2.75, 3.05) is 4.90 Å². The average Bonchev–Trinajstić information content (AvgIpc) is 3.89. The number of allylic oxidation sites excluding steroid dienone is 4. The monoisotopic (exact) mass is 762 g/mol. The molecule has 0 amide bonds. The normalized spacial score (nSPS) is 14.7. The first-order valence-corrected chi connectivity index (χ1v) is 21.9. The van der Waals surface area contributed by atoms with Crippen LogP contribution < -0.4 is 4.90 Å². The van der Waals surface area contributed by atoms with E-state index in [2.05, 4.69) is 193 Å². The number of rotatable bonds is 10. The quantitative estimate of drug-likeness (QED) is 0.135. The number of anilines is 2. The highest BCUT2D eigenvalue weighted by Crippen LogP contribution is 2.64. The Morgan fingerprint density at radius 3 is 1.85 bits per heavy atom. The molecule has 0 atom stereocenters. The molecule has 11 rings (SSSR count). The lowest BCUT2D eigenvalue weighted by Crippen LogP contribution is -2.29. The van der Waals surface area contributed by atoms with Gasteiger partial charge in [-0.1, -0.05) is 142 Å². The number of hydrogen-bond donors (Lipinski definition) is 0. The molecule has 0 bridgehead atoms. The minimum absolute atomic E-state index is 0.373. The Morgan fingerprint density at radius 2 is 1.14 bits per heavy atom. The fraction of sp³-hybridized carbons (Fsp3) is 0.193. The Kier molecular flexibility index (Phi) is 8.77. The Hall–Kier alpha value is -6.38. The molecule has 0 saturated carbocycles. The van der Waals surface area contributed by atoms with Crippen molar-refractivity contribution >= 4 is 38.8 Å². The summed E-state index contributed by atoms with van der Waals surface area (Å²) in [5, 5.41) is 2.53. The summed E-state index contributed by atoms with van der Waals surface area (Å²) >= 11 is 0. The number of fused-ring (bicyclic) bond motifs is 12. The molecule has 0 N–H and O–H groups in total. The van der Waals surface area contributed by atoms with Gasteiger partial charge in [0.15, 0.2) is 0 Å². The Labute approximate surface area is 348 Å². The highest BCUT2D eigenvalue weighted by Gasteiger charge is 2.53. The molecule has 1 heterocycles. The molecule has 0 unspecified atom stereocenters. The lowest BCUT2D eigenvalue weighted by atomic mass is 9.68. The maximum absolute atomic E-state index is 2.62. The van der Waals surface area contributed by atoms with Crippen LogP contribution in [0, 0.1) is 0 Å². The molecule has 2 heteroatoms. The molecule has 59 heavy (non-hydrogen) atoms. The second-order valence-corrected chi connectivity index (χ2v) is 16.9. The van der Waals surface area contributed by atoms with Crippen molar-refractivity contribution in [2.45, 2.75) is 70.6 Å². The van der Waals surface area contributed by atoms with Gasteiger partial charge in [0.05, 0.1) is 16.4 Å². The molecule has 0 radical (unpaired) electrons. The zero-order chi connectivity index (χ0) is 39.5. The SMILES string of the molecule is CCCCc1ccc2c(c1)C1(C3=C(CCC(N(c4ccccc4)c4ccc5c(c4)c4ccccc4n5-c4ccccc4)=C3)c3ccccc31)c1cc(CCCC)ccc1-2. The zero-order valence-electron chi connectivity index (χ0n) is 34.2. The van der Waals surface area contributed by atoms with E-state index in [1.54, 1.807) is 0 Å². The van der Waals surface area contributed by atoms with Crippen molar-refractivity contribution in [2.24, 2.45) is 0 Å². The van der Waals surface area contributed by atoms with Gasteiger partial charge in [-0.2, -0.15) is 0 Å². The van der Waals surface area contributed by atoms with Crippen LogP contribution in [0.2, 0.25) is 0 Å². The van der Waals surface area contributed by atoms with Gasteiger partial charge in [-0.3, -0.25) is 0 Å². The highest BCUT2D eigenvalue weighted by atomic mass is 15.1. The maximum Gasteiger partial charge on any atom is 0.0723 e. The summed E-state index contributed by atoms with van der Waals surface area (Å²) in [5.41, 5.74) is 21.4. The number of aromatic nitrogens is 1. The number of benzene rings is 7. The molecule has 288 valence electrons. The van der Waals surface area contributed by atoms with E-state index in [1.807, 2.05) is 0 Å². The first-order chi connectivity index (χ1) is 29.2. The summed E-state index contributed by atoms with van der Waals surface area (Å²) in [6, 6.07) is 62.1. The van der Waals surface area contributed by atoms with Crippen molar-refractivity contribution < 1.29 is 0 Å². The van der Waals surface area contributed by atoms with Gasteiger partial charge in [-0.15, -0.1) is 0 Å². The third kappa shape index (κ3) is 5.53. The predicted octanol–water partition coefficient (Wildman–Crippen LogP) is 15.1. The number of nitrogens with zero attached hydrogens (tertiary/aromatic N) is 2. The zero-order valence-corrected chi connectivity index (χ0v) is 34.2. The van der Waals surface area contributed by atoms with E-state index in [0.29, 0.717) is 0 Å². The number of hydrogen-bond acceptors (Lipinski definition) is 1. The topological polar surface area (TPSA) is 8.17 Å². The van der Waals surface area contributed by atoms with Gasteiger partial charge < -0.3 is 9.47 Å².